The number of carbonyl (C=O) groups is 1. The zero-order chi connectivity index (χ0) is 12.3. The number of halogens is 1. The fourth-order valence-corrected chi connectivity index (χ4v) is 2.15. The molecule has 2 N–H and O–H groups in total. The number of anilines is 1. The van der Waals surface area contributed by atoms with Gasteiger partial charge in [-0.3, -0.25) is 9.78 Å². The van der Waals surface area contributed by atoms with E-state index in [4.69, 9.17) is 4.74 Å². The molecule has 2 atom stereocenters. The number of nitrogens with zero attached hydrogens (tertiary/aromatic N) is 1. The highest BCUT2D eigenvalue weighted by molar-refractivity contribution is 9.10. The zero-order valence-electron chi connectivity index (χ0n) is 9.44. The molecule has 1 aromatic rings. The summed E-state index contributed by atoms with van der Waals surface area (Å²) in [7, 11) is 1.84. The van der Waals surface area contributed by atoms with Gasteiger partial charge < -0.3 is 15.4 Å². The van der Waals surface area contributed by atoms with Crippen molar-refractivity contribution in [1.29, 1.82) is 0 Å². The molecule has 1 aliphatic heterocycles. The Morgan fingerprint density at radius 2 is 2.41 bits per heavy atom. The van der Waals surface area contributed by atoms with Crippen LogP contribution in [0.15, 0.2) is 22.9 Å². The Morgan fingerprint density at radius 3 is 3.12 bits per heavy atom. The molecule has 0 bridgehead atoms. The predicted molar refractivity (Wildman–Crippen MR) is 67.7 cm³/mol. The van der Waals surface area contributed by atoms with Crippen LogP contribution >= 0.6 is 15.9 Å². The molecule has 17 heavy (non-hydrogen) atoms. The lowest BCUT2D eigenvalue weighted by Crippen LogP contribution is -2.39. The first kappa shape index (κ1) is 12.5. The van der Waals surface area contributed by atoms with Gasteiger partial charge in [0.1, 0.15) is 0 Å². The van der Waals surface area contributed by atoms with E-state index in [0.29, 0.717) is 13.2 Å². The number of aromatic nitrogens is 1. The third-order valence-corrected chi connectivity index (χ3v) is 3.45. The predicted octanol–water partition coefficient (Wildman–Crippen LogP) is 1.02. The molecule has 2 rings (SSSR count). The maximum absolute atomic E-state index is 12.1. The quantitative estimate of drug-likeness (QED) is 0.875. The first-order valence-electron chi connectivity index (χ1n) is 5.37. The van der Waals surface area contributed by atoms with E-state index >= 15 is 0 Å². The van der Waals surface area contributed by atoms with Crippen LogP contribution in [-0.4, -0.2) is 37.2 Å². The number of carbonyl (C=O) groups excluding carboxylic acids is 1. The van der Waals surface area contributed by atoms with Gasteiger partial charge in [-0.25, -0.2) is 0 Å². The maximum atomic E-state index is 12.1. The van der Waals surface area contributed by atoms with Crippen LogP contribution in [0.25, 0.3) is 0 Å². The molecule has 5 nitrogen and oxygen atoms in total. The number of nitrogens with one attached hydrogen (secondary N) is 2. The number of amides is 1. The Labute approximate surface area is 108 Å². The van der Waals surface area contributed by atoms with E-state index in [2.05, 4.69) is 31.5 Å². The Balaban J connectivity index is 2.04. The lowest BCUT2D eigenvalue weighted by atomic mass is 10.0. The maximum Gasteiger partial charge on any atom is 0.231 e. The first-order valence-corrected chi connectivity index (χ1v) is 6.17. The molecule has 0 spiro atoms. The molecule has 92 valence electrons. The first-order chi connectivity index (χ1) is 8.22. The molecule has 1 amide bonds. The van der Waals surface area contributed by atoms with E-state index in [0.717, 1.165) is 10.2 Å². The van der Waals surface area contributed by atoms with Gasteiger partial charge in [0.2, 0.25) is 5.91 Å². The minimum Gasteiger partial charge on any atom is -0.379 e. The summed E-state index contributed by atoms with van der Waals surface area (Å²) in [5.41, 5.74) is 0.728. The lowest BCUT2D eigenvalue weighted by Gasteiger charge is -2.16. The van der Waals surface area contributed by atoms with Crippen molar-refractivity contribution >= 4 is 27.5 Å². The average Bonchev–Trinajstić information content (AvgIpc) is 2.80. The van der Waals surface area contributed by atoms with Crippen LogP contribution in [0.4, 0.5) is 5.69 Å². The van der Waals surface area contributed by atoms with Crippen LogP contribution < -0.4 is 10.6 Å². The van der Waals surface area contributed by atoms with Crippen molar-refractivity contribution in [1.82, 2.24) is 10.3 Å². The van der Waals surface area contributed by atoms with E-state index in [1.54, 1.807) is 18.5 Å². The smallest absolute Gasteiger partial charge is 0.231 e. The number of likely N-dealkylation sites (N-methyl/N-ethyl adjacent to an activating group) is 1. The molecular formula is C11H14BrN3O2. The average molecular weight is 300 g/mol. The van der Waals surface area contributed by atoms with Gasteiger partial charge in [0.05, 0.1) is 29.3 Å². The monoisotopic (exact) mass is 299 g/mol. The Bertz CT molecular complexity index is 413. The second-order valence-electron chi connectivity index (χ2n) is 3.88. The Morgan fingerprint density at radius 1 is 1.59 bits per heavy atom. The van der Waals surface area contributed by atoms with Gasteiger partial charge in [0, 0.05) is 18.4 Å². The van der Waals surface area contributed by atoms with Crippen LogP contribution in [0.1, 0.15) is 0 Å². The molecule has 1 aliphatic rings. The van der Waals surface area contributed by atoms with Gasteiger partial charge in [-0.1, -0.05) is 0 Å². The van der Waals surface area contributed by atoms with Gasteiger partial charge in [-0.15, -0.1) is 0 Å². The minimum absolute atomic E-state index is 0.0336. The lowest BCUT2D eigenvalue weighted by molar-refractivity contribution is -0.120. The highest BCUT2D eigenvalue weighted by atomic mass is 79.9. The molecule has 1 aromatic heterocycles. The summed E-state index contributed by atoms with van der Waals surface area (Å²) in [5, 5.41) is 5.96. The summed E-state index contributed by atoms with van der Waals surface area (Å²) in [5.74, 6) is -0.186. The van der Waals surface area contributed by atoms with Crippen LogP contribution in [-0.2, 0) is 9.53 Å². The summed E-state index contributed by atoms with van der Waals surface area (Å²) in [6.45, 7) is 1.03. The van der Waals surface area contributed by atoms with Gasteiger partial charge in [0.15, 0.2) is 0 Å². The second kappa shape index (κ2) is 5.57. The highest BCUT2D eigenvalue weighted by Crippen LogP contribution is 2.22. The summed E-state index contributed by atoms with van der Waals surface area (Å²) < 4.78 is 6.07. The molecule has 2 heterocycles. The normalized spacial score (nSPS) is 23.6. The molecule has 0 saturated carbocycles. The van der Waals surface area contributed by atoms with Gasteiger partial charge in [-0.05, 0) is 29.0 Å². The number of rotatable bonds is 3. The van der Waals surface area contributed by atoms with Gasteiger partial charge in [0.25, 0.3) is 0 Å². The van der Waals surface area contributed by atoms with Crippen molar-refractivity contribution < 1.29 is 9.53 Å². The number of hydrogen-bond acceptors (Lipinski definition) is 4. The van der Waals surface area contributed by atoms with E-state index in [9.17, 15) is 4.79 Å². The van der Waals surface area contributed by atoms with Gasteiger partial charge >= 0.3 is 0 Å². The van der Waals surface area contributed by atoms with Crippen molar-refractivity contribution in [3.05, 3.63) is 22.9 Å². The molecule has 2 unspecified atom stereocenters. The van der Waals surface area contributed by atoms with Gasteiger partial charge in [-0.2, -0.15) is 0 Å². The molecule has 1 saturated heterocycles. The molecular weight excluding hydrogens is 286 g/mol. The van der Waals surface area contributed by atoms with Crippen molar-refractivity contribution in [3.63, 3.8) is 0 Å². The van der Waals surface area contributed by atoms with E-state index in [1.807, 2.05) is 7.05 Å². The van der Waals surface area contributed by atoms with Crippen LogP contribution in [0.5, 0.6) is 0 Å². The SMILES string of the molecule is CNC1COCC1C(=O)Nc1ccncc1Br. The highest BCUT2D eigenvalue weighted by Gasteiger charge is 2.33. The fraction of sp³-hybridized carbons (Fsp3) is 0.455. The van der Waals surface area contributed by atoms with Crippen molar-refractivity contribution in [2.75, 3.05) is 25.6 Å². The van der Waals surface area contributed by atoms with Crippen molar-refractivity contribution in [3.8, 4) is 0 Å². The third kappa shape index (κ3) is 2.83. The molecule has 0 radical (unpaired) electrons. The van der Waals surface area contributed by atoms with Crippen LogP contribution in [0.2, 0.25) is 0 Å². The number of ether oxygens (including phenoxy) is 1. The minimum atomic E-state index is -0.153. The Kier molecular flexibility index (Phi) is 4.09. The van der Waals surface area contributed by atoms with E-state index in [1.165, 1.54) is 0 Å². The largest absolute Gasteiger partial charge is 0.379 e. The van der Waals surface area contributed by atoms with E-state index < -0.39 is 0 Å². The van der Waals surface area contributed by atoms with Crippen molar-refractivity contribution in [2.24, 2.45) is 5.92 Å². The standard InChI is InChI=1S/C11H14BrN3O2/c1-13-10-6-17-5-7(10)11(16)15-9-2-3-14-4-8(9)12/h2-4,7,10,13H,5-6H2,1H3,(H,14,15,16). The molecule has 6 heteroatoms. The molecule has 1 fully saturated rings. The summed E-state index contributed by atoms with van der Waals surface area (Å²) in [6.07, 6.45) is 3.29. The van der Waals surface area contributed by atoms with Crippen LogP contribution in [0.3, 0.4) is 0 Å². The van der Waals surface area contributed by atoms with Crippen molar-refractivity contribution in [2.45, 2.75) is 6.04 Å². The van der Waals surface area contributed by atoms with Crippen LogP contribution in [0, 0.1) is 5.92 Å². The number of pyridine rings is 1. The Hall–Kier alpha value is -0.980. The summed E-state index contributed by atoms with van der Waals surface area (Å²) in [4.78, 5) is 16.0. The summed E-state index contributed by atoms with van der Waals surface area (Å²) >= 11 is 3.34. The second-order valence-corrected chi connectivity index (χ2v) is 4.74. The summed E-state index contributed by atoms with van der Waals surface area (Å²) in [6, 6.07) is 1.84. The third-order valence-electron chi connectivity index (χ3n) is 2.82. The molecule has 0 aliphatic carbocycles. The zero-order valence-corrected chi connectivity index (χ0v) is 11.0. The van der Waals surface area contributed by atoms with E-state index in [-0.39, 0.29) is 17.9 Å². The molecule has 0 aromatic carbocycles. The topological polar surface area (TPSA) is 63.2 Å². The number of hydrogen-bond donors (Lipinski definition) is 2. The fourth-order valence-electron chi connectivity index (χ4n) is 1.80.